The molecule has 1 unspecified atom stereocenters. The quantitative estimate of drug-likeness (QED) is 0.664. The molecule has 1 atom stereocenters. The van der Waals surface area contributed by atoms with E-state index in [1.165, 1.54) is 38.5 Å². The van der Waals surface area contributed by atoms with E-state index in [-0.39, 0.29) is 5.82 Å². The van der Waals surface area contributed by atoms with Crippen LogP contribution < -0.4 is 19.5 Å². The summed E-state index contributed by atoms with van der Waals surface area (Å²) in [6.45, 7) is 1.56. The van der Waals surface area contributed by atoms with Gasteiger partial charge in [-0.3, -0.25) is 4.79 Å². The van der Waals surface area contributed by atoms with Crippen LogP contribution >= 0.6 is 0 Å². The van der Waals surface area contributed by atoms with Crippen LogP contribution in [0.2, 0.25) is 0 Å². The summed E-state index contributed by atoms with van der Waals surface area (Å²) in [6, 6.07) is 10.5. The summed E-state index contributed by atoms with van der Waals surface area (Å²) in [5, 5.41) is 10.2. The van der Waals surface area contributed by atoms with E-state index in [9.17, 15) is 9.18 Å². The Balaban J connectivity index is 1.74. The predicted octanol–water partition coefficient (Wildman–Crippen LogP) is 3.30. The zero-order chi connectivity index (χ0) is 20.1. The van der Waals surface area contributed by atoms with Gasteiger partial charge >= 0.3 is 0 Å². The van der Waals surface area contributed by atoms with E-state index in [1.807, 2.05) is 0 Å². The number of hydrogen-bond donors (Lipinski definition) is 1. The van der Waals surface area contributed by atoms with E-state index in [0.29, 0.717) is 28.5 Å². The lowest BCUT2D eigenvalue weighted by molar-refractivity contribution is -0.122. The lowest BCUT2D eigenvalue weighted by Crippen LogP contribution is -2.30. The minimum Gasteiger partial charge on any atom is -0.493 e. The van der Waals surface area contributed by atoms with E-state index in [1.54, 1.807) is 25.1 Å². The maximum absolute atomic E-state index is 13.0. The van der Waals surface area contributed by atoms with Crippen LogP contribution in [0.3, 0.4) is 0 Å². The summed E-state index contributed by atoms with van der Waals surface area (Å²) in [5.41, 5.74) is 0.935. The molecule has 0 fully saturated rings. The zero-order valence-corrected chi connectivity index (χ0v) is 15.4. The first-order chi connectivity index (χ1) is 13.5. The van der Waals surface area contributed by atoms with Gasteiger partial charge in [-0.05, 0) is 59.7 Å². The summed E-state index contributed by atoms with van der Waals surface area (Å²) in [5.74, 6) is 0.677. The Kier molecular flexibility index (Phi) is 5.73. The fourth-order valence-electron chi connectivity index (χ4n) is 2.43. The molecule has 0 radical (unpaired) electrons. The molecule has 3 aromatic rings. The molecule has 9 heteroatoms. The molecule has 0 bridgehead atoms. The number of rotatable bonds is 7. The van der Waals surface area contributed by atoms with Gasteiger partial charge in [0.25, 0.3) is 5.91 Å². The van der Waals surface area contributed by atoms with E-state index in [2.05, 4.69) is 15.6 Å². The lowest BCUT2D eigenvalue weighted by Gasteiger charge is -2.14. The number of anilines is 1. The van der Waals surface area contributed by atoms with Crippen LogP contribution in [0.15, 0.2) is 47.1 Å². The van der Waals surface area contributed by atoms with Crippen molar-refractivity contribution >= 4 is 11.7 Å². The predicted molar refractivity (Wildman–Crippen MR) is 98.0 cm³/mol. The summed E-state index contributed by atoms with van der Waals surface area (Å²) >= 11 is 0. The molecule has 0 aliphatic carbocycles. The van der Waals surface area contributed by atoms with E-state index >= 15 is 0 Å². The Labute approximate surface area is 160 Å². The third-order valence-electron chi connectivity index (χ3n) is 3.88. The molecule has 0 aliphatic rings. The monoisotopic (exact) mass is 387 g/mol. The first-order valence-electron chi connectivity index (χ1n) is 8.30. The Bertz CT molecular complexity index is 958. The van der Waals surface area contributed by atoms with Crippen LogP contribution in [0, 0.1) is 5.82 Å². The number of halogens is 1. The highest BCUT2D eigenvalue weighted by atomic mass is 19.1. The number of carbonyl (C=O) groups excluding carboxylic acids is 1. The molecular formula is C19H18FN3O5. The van der Waals surface area contributed by atoms with Crippen LogP contribution in [-0.2, 0) is 4.79 Å². The van der Waals surface area contributed by atoms with Crippen molar-refractivity contribution in [3.05, 3.63) is 48.3 Å². The first-order valence-corrected chi connectivity index (χ1v) is 8.30. The lowest BCUT2D eigenvalue weighted by atomic mass is 10.1. The summed E-state index contributed by atoms with van der Waals surface area (Å²) in [4.78, 5) is 12.4. The smallest absolute Gasteiger partial charge is 0.266 e. The van der Waals surface area contributed by atoms with Gasteiger partial charge in [0.15, 0.2) is 23.3 Å². The van der Waals surface area contributed by atoms with Crippen molar-refractivity contribution in [2.45, 2.75) is 13.0 Å². The number of nitrogens with one attached hydrogen (secondary N) is 1. The summed E-state index contributed by atoms with van der Waals surface area (Å²) < 4.78 is 33.7. The van der Waals surface area contributed by atoms with Gasteiger partial charge in [-0.2, -0.15) is 0 Å². The standard InChI is InChI=1S/C19H18FN3O5/c1-11(27-14-7-5-13(20)6-8-14)19(24)21-18-17(22-28-23-18)12-4-9-15(25-2)16(10-12)26-3/h4-11H,1-3H3,(H,21,23,24). The second kappa shape index (κ2) is 8.38. The van der Waals surface area contributed by atoms with Crippen LogP contribution in [0.1, 0.15) is 6.92 Å². The van der Waals surface area contributed by atoms with E-state index < -0.39 is 17.8 Å². The number of ether oxygens (including phenoxy) is 3. The molecule has 1 N–H and O–H groups in total. The van der Waals surface area contributed by atoms with Crippen molar-refractivity contribution in [1.82, 2.24) is 10.3 Å². The van der Waals surface area contributed by atoms with Crippen LogP contribution in [0.25, 0.3) is 11.3 Å². The fourth-order valence-corrected chi connectivity index (χ4v) is 2.43. The van der Waals surface area contributed by atoms with Crippen molar-refractivity contribution in [3.63, 3.8) is 0 Å². The molecule has 1 aromatic heterocycles. The third kappa shape index (κ3) is 4.20. The van der Waals surface area contributed by atoms with Gasteiger partial charge in [-0.15, -0.1) is 0 Å². The number of amides is 1. The fraction of sp³-hybridized carbons (Fsp3) is 0.211. The molecule has 0 saturated carbocycles. The Hall–Kier alpha value is -3.62. The Morgan fingerprint density at radius 2 is 1.79 bits per heavy atom. The van der Waals surface area contributed by atoms with Gasteiger partial charge in [0, 0.05) is 5.56 Å². The average molecular weight is 387 g/mol. The van der Waals surface area contributed by atoms with Crippen molar-refractivity contribution < 1.29 is 28.0 Å². The third-order valence-corrected chi connectivity index (χ3v) is 3.88. The van der Waals surface area contributed by atoms with Crippen LogP contribution in [0.5, 0.6) is 17.2 Å². The maximum atomic E-state index is 13.0. The maximum Gasteiger partial charge on any atom is 0.266 e. The minimum atomic E-state index is -0.861. The number of hydrogen-bond acceptors (Lipinski definition) is 7. The number of carbonyl (C=O) groups is 1. The number of benzene rings is 2. The van der Waals surface area contributed by atoms with Crippen molar-refractivity contribution in [1.29, 1.82) is 0 Å². The highest BCUT2D eigenvalue weighted by Crippen LogP contribution is 2.33. The van der Waals surface area contributed by atoms with E-state index in [0.717, 1.165) is 0 Å². The van der Waals surface area contributed by atoms with Crippen molar-refractivity contribution in [3.8, 4) is 28.5 Å². The highest BCUT2D eigenvalue weighted by molar-refractivity contribution is 5.96. The summed E-state index contributed by atoms with van der Waals surface area (Å²) in [6.07, 6.45) is -0.861. The normalized spacial score (nSPS) is 11.6. The molecule has 0 saturated heterocycles. The van der Waals surface area contributed by atoms with Gasteiger partial charge in [-0.1, -0.05) is 0 Å². The molecule has 0 spiro atoms. The number of methoxy groups -OCH3 is 2. The second-order valence-electron chi connectivity index (χ2n) is 5.73. The molecular weight excluding hydrogens is 369 g/mol. The molecule has 0 aliphatic heterocycles. The van der Waals surface area contributed by atoms with Crippen LogP contribution in [0.4, 0.5) is 10.2 Å². The molecule has 146 valence electrons. The molecule has 2 aromatic carbocycles. The summed E-state index contributed by atoms with van der Waals surface area (Å²) in [7, 11) is 3.04. The zero-order valence-electron chi connectivity index (χ0n) is 15.4. The van der Waals surface area contributed by atoms with Gasteiger partial charge in [-0.25, -0.2) is 9.02 Å². The number of nitrogens with zero attached hydrogens (tertiary/aromatic N) is 2. The van der Waals surface area contributed by atoms with Crippen molar-refractivity contribution in [2.24, 2.45) is 0 Å². The Morgan fingerprint density at radius 3 is 2.46 bits per heavy atom. The minimum absolute atomic E-state index is 0.131. The molecule has 3 rings (SSSR count). The van der Waals surface area contributed by atoms with Gasteiger partial charge in [0.2, 0.25) is 5.82 Å². The average Bonchev–Trinajstić information content (AvgIpc) is 3.17. The van der Waals surface area contributed by atoms with Crippen LogP contribution in [-0.4, -0.2) is 36.5 Å². The number of aromatic nitrogens is 2. The molecule has 1 amide bonds. The van der Waals surface area contributed by atoms with Gasteiger partial charge in [0.1, 0.15) is 11.6 Å². The van der Waals surface area contributed by atoms with Gasteiger partial charge < -0.3 is 19.5 Å². The topological polar surface area (TPSA) is 95.7 Å². The molecule has 1 heterocycles. The second-order valence-corrected chi connectivity index (χ2v) is 5.73. The SMILES string of the molecule is COc1ccc(-c2nonc2NC(=O)C(C)Oc2ccc(F)cc2)cc1OC. The largest absolute Gasteiger partial charge is 0.493 e. The first kappa shape index (κ1) is 19.2. The van der Waals surface area contributed by atoms with Gasteiger partial charge in [0.05, 0.1) is 14.2 Å². The highest BCUT2D eigenvalue weighted by Gasteiger charge is 2.21. The van der Waals surface area contributed by atoms with E-state index in [4.69, 9.17) is 18.8 Å². The Morgan fingerprint density at radius 1 is 1.07 bits per heavy atom. The molecule has 28 heavy (non-hydrogen) atoms. The molecule has 8 nitrogen and oxygen atoms in total. The van der Waals surface area contributed by atoms with Crippen molar-refractivity contribution in [2.75, 3.05) is 19.5 Å².